The summed E-state index contributed by atoms with van der Waals surface area (Å²) >= 11 is 3.57. The first-order chi connectivity index (χ1) is 14.6. The van der Waals surface area contributed by atoms with Crippen LogP contribution in [0.4, 0.5) is 0 Å². The normalized spacial score (nSPS) is 18.4. The van der Waals surface area contributed by atoms with Crippen molar-refractivity contribution in [1.29, 1.82) is 0 Å². The first-order valence-electron chi connectivity index (χ1n) is 10.0. The number of nitrogens with one attached hydrogen (secondary N) is 2. The number of ether oxygens (including phenoxy) is 1. The van der Waals surface area contributed by atoms with Gasteiger partial charge in [-0.15, -0.1) is 0 Å². The van der Waals surface area contributed by atoms with Gasteiger partial charge in [0.25, 0.3) is 0 Å². The third-order valence-corrected chi connectivity index (χ3v) is 5.92. The average Bonchev–Trinajstić information content (AvgIpc) is 2.79. The summed E-state index contributed by atoms with van der Waals surface area (Å²) in [4.78, 5) is 0. The van der Waals surface area contributed by atoms with Crippen molar-refractivity contribution in [1.82, 2.24) is 10.6 Å². The Hall–Kier alpha value is -2.76. The molecule has 3 N–H and O–H groups in total. The molecule has 0 saturated heterocycles. The molecular formula is C25H25BrN2O2. The fourth-order valence-electron chi connectivity index (χ4n) is 3.77. The van der Waals surface area contributed by atoms with Gasteiger partial charge < -0.3 is 15.2 Å². The van der Waals surface area contributed by atoms with Crippen molar-refractivity contribution in [3.63, 3.8) is 0 Å². The number of para-hydroxylation sites is 1. The van der Waals surface area contributed by atoms with Crippen LogP contribution in [0, 0.1) is 0 Å². The van der Waals surface area contributed by atoms with Crippen LogP contribution in [0.2, 0.25) is 0 Å². The van der Waals surface area contributed by atoms with Crippen molar-refractivity contribution in [3.8, 4) is 11.5 Å². The lowest BCUT2D eigenvalue weighted by molar-refractivity contribution is 0.379. The Morgan fingerprint density at radius 2 is 1.77 bits per heavy atom. The SMILES string of the molecule is CCc1ccc(C2=CC(c3ccccc3O)NC(c3cc(Br)ccc3OC)N2)cc1. The molecule has 0 aliphatic carbocycles. The van der Waals surface area contributed by atoms with Crippen LogP contribution in [0.1, 0.15) is 41.4 Å². The summed E-state index contributed by atoms with van der Waals surface area (Å²) < 4.78 is 6.60. The molecule has 0 spiro atoms. The molecule has 3 aromatic rings. The Kier molecular flexibility index (Phi) is 6.11. The second kappa shape index (κ2) is 8.94. The number of benzene rings is 3. The minimum absolute atomic E-state index is 0.165. The molecule has 0 fully saturated rings. The highest BCUT2D eigenvalue weighted by atomic mass is 79.9. The van der Waals surface area contributed by atoms with Gasteiger partial charge in [0, 0.05) is 21.3 Å². The number of aromatic hydroxyl groups is 1. The molecule has 154 valence electrons. The van der Waals surface area contributed by atoms with Crippen LogP contribution in [-0.4, -0.2) is 12.2 Å². The average molecular weight is 465 g/mol. The lowest BCUT2D eigenvalue weighted by atomic mass is 9.97. The molecule has 4 nitrogen and oxygen atoms in total. The second-order valence-electron chi connectivity index (χ2n) is 7.30. The molecule has 0 bridgehead atoms. The predicted molar refractivity (Wildman–Crippen MR) is 124 cm³/mol. The van der Waals surface area contributed by atoms with Gasteiger partial charge >= 0.3 is 0 Å². The van der Waals surface area contributed by atoms with E-state index in [9.17, 15) is 5.11 Å². The second-order valence-corrected chi connectivity index (χ2v) is 8.21. The van der Waals surface area contributed by atoms with E-state index in [1.807, 2.05) is 30.3 Å². The smallest absolute Gasteiger partial charge is 0.125 e. The van der Waals surface area contributed by atoms with Gasteiger partial charge in [-0.2, -0.15) is 0 Å². The largest absolute Gasteiger partial charge is 0.508 e. The van der Waals surface area contributed by atoms with Crippen molar-refractivity contribution in [2.45, 2.75) is 25.6 Å². The number of halogens is 1. The highest BCUT2D eigenvalue weighted by Crippen LogP contribution is 2.36. The van der Waals surface area contributed by atoms with E-state index in [0.29, 0.717) is 0 Å². The van der Waals surface area contributed by atoms with E-state index < -0.39 is 0 Å². The Labute approximate surface area is 185 Å². The van der Waals surface area contributed by atoms with E-state index in [0.717, 1.165) is 39.0 Å². The Morgan fingerprint density at radius 1 is 1.00 bits per heavy atom. The Bertz CT molecular complexity index is 1060. The molecule has 2 unspecified atom stereocenters. The van der Waals surface area contributed by atoms with Gasteiger partial charge in [0.05, 0.1) is 13.2 Å². The third kappa shape index (κ3) is 4.23. The molecule has 2 atom stereocenters. The number of methoxy groups -OCH3 is 1. The topological polar surface area (TPSA) is 53.5 Å². The van der Waals surface area contributed by atoms with Crippen molar-refractivity contribution in [3.05, 3.63) is 99.5 Å². The summed E-state index contributed by atoms with van der Waals surface area (Å²) in [6.45, 7) is 2.15. The lowest BCUT2D eigenvalue weighted by Gasteiger charge is -2.34. The van der Waals surface area contributed by atoms with Crippen LogP contribution >= 0.6 is 15.9 Å². The molecular weight excluding hydrogens is 440 g/mol. The van der Waals surface area contributed by atoms with Crippen LogP contribution < -0.4 is 15.4 Å². The third-order valence-electron chi connectivity index (χ3n) is 5.43. The Balaban J connectivity index is 1.78. The Morgan fingerprint density at radius 3 is 2.47 bits per heavy atom. The number of hydrogen-bond donors (Lipinski definition) is 3. The standard InChI is InChI=1S/C25H25BrN2O2/c1-3-16-8-10-17(11-9-16)21-15-22(19-6-4-5-7-23(19)29)28-25(27-21)20-14-18(26)12-13-24(20)30-2/h4-15,22,25,27-29H,3H2,1-2H3. The fourth-order valence-corrected chi connectivity index (χ4v) is 4.15. The molecule has 1 aliphatic rings. The van der Waals surface area contributed by atoms with Crippen LogP contribution in [0.3, 0.4) is 0 Å². The first kappa shape index (κ1) is 20.5. The molecule has 0 saturated carbocycles. The number of phenols is 1. The monoisotopic (exact) mass is 464 g/mol. The molecule has 1 aliphatic heterocycles. The van der Waals surface area contributed by atoms with E-state index in [1.54, 1.807) is 13.2 Å². The summed E-state index contributed by atoms with van der Waals surface area (Å²) in [7, 11) is 1.68. The van der Waals surface area contributed by atoms with Gasteiger partial charge in [0.15, 0.2) is 0 Å². The van der Waals surface area contributed by atoms with Gasteiger partial charge in [-0.25, -0.2) is 0 Å². The number of rotatable bonds is 5. The van der Waals surface area contributed by atoms with Crippen molar-refractivity contribution in [2.75, 3.05) is 7.11 Å². The maximum Gasteiger partial charge on any atom is 0.125 e. The molecule has 30 heavy (non-hydrogen) atoms. The molecule has 0 radical (unpaired) electrons. The maximum absolute atomic E-state index is 10.5. The summed E-state index contributed by atoms with van der Waals surface area (Å²) in [5.74, 6) is 1.07. The van der Waals surface area contributed by atoms with Gasteiger partial charge in [0.1, 0.15) is 17.7 Å². The van der Waals surface area contributed by atoms with Crippen molar-refractivity contribution in [2.24, 2.45) is 0 Å². The summed E-state index contributed by atoms with van der Waals surface area (Å²) in [6, 6.07) is 21.8. The van der Waals surface area contributed by atoms with E-state index in [2.05, 4.69) is 69.9 Å². The summed E-state index contributed by atoms with van der Waals surface area (Å²) in [5.41, 5.74) is 5.24. The summed E-state index contributed by atoms with van der Waals surface area (Å²) in [5, 5.41) is 17.7. The number of aryl methyl sites for hydroxylation is 1. The minimum atomic E-state index is -0.201. The fraction of sp³-hybridized carbons (Fsp3) is 0.200. The molecule has 0 amide bonds. The zero-order valence-electron chi connectivity index (χ0n) is 17.0. The van der Waals surface area contributed by atoms with Crippen LogP contribution in [0.25, 0.3) is 5.70 Å². The zero-order valence-corrected chi connectivity index (χ0v) is 18.6. The highest BCUT2D eigenvalue weighted by molar-refractivity contribution is 9.10. The molecule has 4 rings (SSSR count). The predicted octanol–water partition coefficient (Wildman–Crippen LogP) is 5.70. The van der Waals surface area contributed by atoms with Crippen LogP contribution in [-0.2, 0) is 6.42 Å². The molecule has 5 heteroatoms. The van der Waals surface area contributed by atoms with Gasteiger partial charge in [-0.05, 0) is 47.9 Å². The lowest BCUT2D eigenvalue weighted by Crippen LogP contribution is -2.39. The first-order valence-corrected chi connectivity index (χ1v) is 10.8. The van der Waals surface area contributed by atoms with E-state index in [1.165, 1.54) is 5.56 Å². The maximum atomic E-state index is 10.5. The molecule has 0 aromatic heterocycles. The van der Waals surface area contributed by atoms with E-state index >= 15 is 0 Å². The number of hydrogen-bond acceptors (Lipinski definition) is 4. The van der Waals surface area contributed by atoms with E-state index in [4.69, 9.17) is 4.74 Å². The van der Waals surface area contributed by atoms with Crippen molar-refractivity contribution < 1.29 is 9.84 Å². The number of phenolic OH excluding ortho intramolecular Hbond substituents is 1. The van der Waals surface area contributed by atoms with Crippen LogP contribution in [0.5, 0.6) is 11.5 Å². The van der Waals surface area contributed by atoms with Gasteiger partial charge in [-0.3, -0.25) is 5.32 Å². The molecule has 3 aromatic carbocycles. The zero-order chi connectivity index (χ0) is 21.1. The van der Waals surface area contributed by atoms with Gasteiger partial charge in [-0.1, -0.05) is 65.3 Å². The highest BCUT2D eigenvalue weighted by Gasteiger charge is 2.27. The van der Waals surface area contributed by atoms with Gasteiger partial charge in [0.2, 0.25) is 0 Å². The van der Waals surface area contributed by atoms with E-state index in [-0.39, 0.29) is 18.0 Å². The quantitative estimate of drug-likeness (QED) is 0.453. The van der Waals surface area contributed by atoms with Crippen molar-refractivity contribution >= 4 is 21.6 Å². The molecule has 1 heterocycles. The van der Waals surface area contributed by atoms with Crippen LogP contribution in [0.15, 0.2) is 77.3 Å². The minimum Gasteiger partial charge on any atom is -0.508 e. The summed E-state index contributed by atoms with van der Waals surface area (Å²) in [6.07, 6.45) is 2.93.